The summed E-state index contributed by atoms with van der Waals surface area (Å²) in [5, 5.41) is 10.8. The van der Waals surface area contributed by atoms with Crippen LogP contribution in [0, 0.1) is 10.1 Å². The lowest BCUT2D eigenvalue weighted by Crippen LogP contribution is -2.17. The summed E-state index contributed by atoms with van der Waals surface area (Å²) in [7, 11) is -4.16. The molecule has 0 bridgehead atoms. The average Bonchev–Trinajstić information content (AvgIpc) is 2.66. The molecule has 0 amide bonds. The number of ether oxygens (including phenoxy) is 2. The quantitative estimate of drug-likeness (QED) is 0.366. The third-order valence-corrected chi connectivity index (χ3v) is 5.10. The zero-order valence-electron chi connectivity index (χ0n) is 17.3. The number of nitro groups is 1. The van der Waals surface area contributed by atoms with Gasteiger partial charge < -0.3 is 9.47 Å². The second-order valence-corrected chi connectivity index (χ2v) is 8.75. The van der Waals surface area contributed by atoms with Gasteiger partial charge in [0.2, 0.25) is 0 Å². The second kappa shape index (κ2) is 9.56. The van der Waals surface area contributed by atoms with Gasteiger partial charge in [0.15, 0.2) is 0 Å². The van der Waals surface area contributed by atoms with Gasteiger partial charge in [-0.05, 0) is 58.0 Å². The minimum absolute atomic E-state index is 0.0479. The number of anilines is 1. The van der Waals surface area contributed by atoms with Crippen molar-refractivity contribution in [1.29, 1.82) is 0 Å². The van der Waals surface area contributed by atoms with Crippen molar-refractivity contribution in [3.8, 4) is 0 Å². The van der Waals surface area contributed by atoms with Gasteiger partial charge in [0.25, 0.3) is 15.7 Å². The number of hydrogen-bond donors (Lipinski definition) is 1. The predicted octanol–water partition coefficient (Wildman–Crippen LogP) is 3.53. The predicted molar refractivity (Wildman–Crippen MR) is 111 cm³/mol. The van der Waals surface area contributed by atoms with E-state index in [0.29, 0.717) is 0 Å². The van der Waals surface area contributed by atoms with Crippen LogP contribution in [0.4, 0.5) is 11.4 Å². The molecule has 0 fully saturated rings. The van der Waals surface area contributed by atoms with Crippen molar-refractivity contribution in [3.63, 3.8) is 0 Å². The van der Waals surface area contributed by atoms with Crippen LogP contribution in [0.3, 0.4) is 0 Å². The summed E-state index contributed by atoms with van der Waals surface area (Å²) in [6.45, 7) is 6.58. The van der Waals surface area contributed by atoms with Crippen molar-refractivity contribution in [1.82, 2.24) is 0 Å². The summed E-state index contributed by atoms with van der Waals surface area (Å²) < 4.78 is 37.9. The molecule has 0 aliphatic heterocycles. The lowest BCUT2D eigenvalue weighted by Gasteiger charge is -2.14. The number of benzene rings is 2. The van der Waals surface area contributed by atoms with Crippen molar-refractivity contribution in [3.05, 3.63) is 63.7 Å². The largest absolute Gasteiger partial charge is 0.459 e. The van der Waals surface area contributed by atoms with Crippen LogP contribution in [-0.4, -0.2) is 37.5 Å². The zero-order chi connectivity index (χ0) is 23.3. The van der Waals surface area contributed by atoms with Crippen molar-refractivity contribution < 1.29 is 32.4 Å². The van der Waals surface area contributed by atoms with Crippen LogP contribution in [0.15, 0.2) is 47.4 Å². The Balaban J connectivity index is 2.44. The molecule has 0 heterocycles. The first-order chi connectivity index (χ1) is 14.4. The normalized spacial score (nSPS) is 11.3. The SMILES string of the molecule is CC(C)OC(=O)c1cc(NS(=O)(=O)c2ccc([N+](=O)[O-])cc2)cc(C(=O)OC(C)C)c1. The fourth-order valence-electron chi connectivity index (χ4n) is 2.45. The van der Waals surface area contributed by atoms with E-state index in [-0.39, 0.29) is 27.4 Å². The van der Waals surface area contributed by atoms with Gasteiger partial charge in [-0.25, -0.2) is 18.0 Å². The maximum absolute atomic E-state index is 12.7. The smallest absolute Gasteiger partial charge is 0.338 e. The molecule has 31 heavy (non-hydrogen) atoms. The molecule has 0 saturated carbocycles. The van der Waals surface area contributed by atoms with Gasteiger partial charge in [-0.1, -0.05) is 0 Å². The Hall–Kier alpha value is -3.47. The summed E-state index contributed by atoms with van der Waals surface area (Å²) in [6.07, 6.45) is -0.863. The van der Waals surface area contributed by atoms with Crippen LogP contribution in [0.5, 0.6) is 0 Å². The van der Waals surface area contributed by atoms with Crippen molar-refractivity contribution in [2.45, 2.75) is 44.8 Å². The van der Waals surface area contributed by atoms with E-state index < -0.39 is 39.1 Å². The summed E-state index contributed by atoms with van der Waals surface area (Å²) in [4.78, 5) is 34.5. The highest BCUT2D eigenvalue weighted by Gasteiger charge is 2.21. The number of nitro benzene ring substituents is 1. The lowest BCUT2D eigenvalue weighted by molar-refractivity contribution is -0.384. The molecule has 0 aliphatic carbocycles. The molecular formula is C20H22N2O8S. The maximum Gasteiger partial charge on any atom is 0.338 e. The first kappa shape index (κ1) is 23.8. The Kier molecular flexibility index (Phi) is 7.34. The van der Waals surface area contributed by atoms with Crippen molar-refractivity contribution in [2.75, 3.05) is 4.72 Å². The number of carbonyl (C=O) groups excluding carboxylic acids is 2. The molecule has 0 spiro atoms. The van der Waals surface area contributed by atoms with Gasteiger partial charge in [-0.15, -0.1) is 0 Å². The number of rotatable bonds is 8. The van der Waals surface area contributed by atoms with Gasteiger partial charge >= 0.3 is 11.9 Å². The van der Waals surface area contributed by atoms with E-state index in [2.05, 4.69) is 4.72 Å². The summed E-state index contributed by atoms with van der Waals surface area (Å²) >= 11 is 0. The molecule has 2 rings (SSSR count). The molecule has 1 N–H and O–H groups in total. The number of non-ortho nitro benzene ring substituents is 1. The lowest BCUT2D eigenvalue weighted by atomic mass is 10.1. The fourth-order valence-corrected chi connectivity index (χ4v) is 3.49. The summed E-state index contributed by atoms with van der Waals surface area (Å²) in [6, 6.07) is 7.95. The van der Waals surface area contributed by atoms with E-state index in [4.69, 9.17) is 9.47 Å². The summed E-state index contributed by atoms with van der Waals surface area (Å²) in [5.74, 6) is -1.49. The van der Waals surface area contributed by atoms with Crippen LogP contribution in [0.25, 0.3) is 0 Å². The molecule has 0 atom stereocenters. The van der Waals surface area contributed by atoms with E-state index >= 15 is 0 Å². The Morgan fingerprint density at radius 3 is 1.74 bits per heavy atom. The minimum atomic E-state index is -4.16. The number of hydrogen-bond acceptors (Lipinski definition) is 8. The Morgan fingerprint density at radius 2 is 1.35 bits per heavy atom. The fraction of sp³-hybridized carbons (Fsp3) is 0.300. The van der Waals surface area contributed by atoms with Crippen LogP contribution in [0.2, 0.25) is 0 Å². The zero-order valence-corrected chi connectivity index (χ0v) is 18.1. The maximum atomic E-state index is 12.7. The van der Waals surface area contributed by atoms with E-state index in [1.807, 2.05) is 0 Å². The third kappa shape index (κ3) is 6.51. The minimum Gasteiger partial charge on any atom is -0.459 e. The number of esters is 2. The van der Waals surface area contributed by atoms with Crippen LogP contribution >= 0.6 is 0 Å². The van der Waals surface area contributed by atoms with Crippen LogP contribution in [0.1, 0.15) is 48.4 Å². The highest BCUT2D eigenvalue weighted by atomic mass is 32.2. The average molecular weight is 450 g/mol. The second-order valence-electron chi connectivity index (χ2n) is 7.06. The Labute approximate surface area is 179 Å². The molecule has 0 radical (unpaired) electrons. The first-order valence-corrected chi connectivity index (χ1v) is 10.7. The van der Waals surface area contributed by atoms with Gasteiger partial charge in [0.05, 0.1) is 38.8 Å². The van der Waals surface area contributed by atoms with E-state index in [1.54, 1.807) is 27.7 Å². The monoisotopic (exact) mass is 450 g/mol. The standard InChI is InChI=1S/C20H22N2O8S/c1-12(2)29-19(23)14-9-15(20(24)30-13(3)4)11-16(10-14)21-31(27,28)18-7-5-17(6-8-18)22(25)26/h5-13,21H,1-4H3. The molecule has 0 unspecified atom stereocenters. The topological polar surface area (TPSA) is 142 Å². The molecule has 166 valence electrons. The number of nitrogens with one attached hydrogen (secondary N) is 1. The van der Waals surface area contributed by atoms with Gasteiger partial charge in [-0.2, -0.15) is 0 Å². The van der Waals surface area contributed by atoms with Gasteiger partial charge in [0.1, 0.15) is 0 Å². The Morgan fingerprint density at radius 1 is 0.903 bits per heavy atom. The first-order valence-electron chi connectivity index (χ1n) is 9.23. The molecule has 0 aliphatic rings. The Bertz CT molecular complexity index is 1050. The molecule has 2 aromatic carbocycles. The molecule has 11 heteroatoms. The third-order valence-electron chi connectivity index (χ3n) is 3.70. The van der Waals surface area contributed by atoms with Gasteiger partial charge in [0, 0.05) is 12.1 Å². The highest BCUT2D eigenvalue weighted by Crippen LogP contribution is 2.23. The van der Waals surface area contributed by atoms with E-state index in [9.17, 15) is 28.1 Å². The van der Waals surface area contributed by atoms with E-state index in [0.717, 1.165) is 24.3 Å². The number of carbonyl (C=O) groups is 2. The van der Waals surface area contributed by atoms with Crippen molar-refractivity contribution >= 4 is 33.3 Å². The molecule has 10 nitrogen and oxygen atoms in total. The van der Waals surface area contributed by atoms with Crippen molar-refractivity contribution in [2.24, 2.45) is 0 Å². The van der Waals surface area contributed by atoms with Crippen LogP contribution in [-0.2, 0) is 19.5 Å². The number of nitrogens with zero attached hydrogens (tertiary/aromatic N) is 1. The highest BCUT2D eigenvalue weighted by molar-refractivity contribution is 7.92. The molecule has 0 saturated heterocycles. The molecule has 2 aromatic rings. The van der Waals surface area contributed by atoms with E-state index in [1.165, 1.54) is 18.2 Å². The molecular weight excluding hydrogens is 428 g/mol. The molecule has 0 aromatic heterocycles. The summed E-state index contributed by atoms with van der Waals surface area (Å²) in [5.41, 5.74) is -0.440. The van der Waals surface area contributed by atoms with Gasteiger partial charge in [-0.3, -0.25) is 14.8 Å². The van der Waals surface area contributed by atoms with Crippen LogP contribution < -0.4 is 4.72 Å². The number of sulfonamides is 1.